The second-order valence-electron chi connectivity index (χ2n) is 5.32. The highest BCUT2D eigenvalue weighted by atomic mass is 14.3. The van der Waals surface area contributed by atoms with Crippen molar-refractivity contribution in [2.75, 3.05) is 0 Å². The van der Waals surface area contributed by atoms with Gasteiger partial charge in [0.2, 0.25) is 0 Å². The molecule has 0 saturated carbocycles. The fraction of sp³-hybridized carbons (Fsp3) is 0.368. The van der Waals surface area contributed by atoms with Crippen LogP contribution in [-0.2, 0) is 0 Å². The van der Waals surface area contributed by atoms with E-state index in [0.29, 0.717) is 0 Å². The summed E-state index contributed by atoms with van der Waals surface area (Å²) in [4.78, 5) is 0. The fourth-order valence-electron chi connectivity index (χ4n) is 2.58. The Morgan fingerprint density at radius 3 is 2.58 bits per heavy atom. The summed E-state index contributed by atoms with van der Waals surface area (Å²) >= 11 is 0. The summed E-state index contributed by atoms with van der Waals surface area (Å²) in [7, 11) is 0. The zero-order chi connectivity index (χ0) is 13.6. The highest BCUT2D eigenvalue weighted by Gasteiger charge is 2.25. The highest BCUT2D eigenvalue weighted by molar-refractivity contribution is 5.75. The van der Waals surface area contributed by atoms with Crippen LogP contribution >= 0.6 is 0 Å². The Balaban J connectivity index is 2.06. The van der Waals surface area contributed by atoms with E-state index in [9.17, 15) is 0 Å². The molecule has 1 aromatic rings. The van der Waals surface area contributed by atoms with E-state index in [1.807, 2.05) is 6.07 Å². The van der Waals surface area contributed by atoms with Crippen molar-refractivity contribution in [3.05, 3.63) is 54.1 Å². The van der Waals surface area contributed by atoms with Crippen LogP contribution in [0.15, 0.2) is 48.6 Å². The first-order valence-corrected chi connectivity index (χ1v) is 7.22. The van der Waals surface area contributed by atoms with Gasteiger partial charge in [-0.25, -0.2) is 0 Å². The van der Waals surface area contributed by atoms with E-state index in [0.717, 1.165) is 12.8 Å². The van der Waals surface area contributed by atoms with Crippen molar-refractivity contribution < 1.29 is 0 Å². The van der Waals surface area contributed by atoms with Crippen LogP contribution in [0.25, 0.3) is 5.57 Å². The molecule has 0 aliphatic heterocycles. The third kappa shape index (κ3) is 3.38. The van der Waals surface area contributed by atoms with Crippen LogP contribution in [0.4, 0.5) is 0 Å². The number of terminal acetylenes is 1. The number of hydrogen-bond acceptors (Lipinski definition) is 0. The second-order valence-corrected chi connectivity index (χ2v) is 5.32. The van der Waals surface area contributed by atoms with Crippen molar-refractivity contribution in [1.29, 1.82) is 0 Å². The molecule has 0 heteroatoms. The monoisotopic (exact) mass is 250 g/mol. The Kier molecular flexibility index (Phi) is 4.63. The minimum atomic E-state index is -0.0482. The zero-order valence-electron chi connectivity index (χ0n) is 11.7. The molecule has 1 atom stereocenters. The van der Waals surface area contributed by atoms with Gasteiger partial charge in [0.05, 0.1) is 5.41 Å². The second kappa shape index (κ2) is 6.43. The Hall–Kier alpha value is -1.74. The molecule has 0 amide bonds. The Morgan fingerprint density at radius 1 is 1.21 bits per heavy atom. The van der Waals surface area contributed by atoms with Crippen LogP contribution in [-0.4, -0.2) is 0 Å². The van der Waals surface area contributed by atoms with E-state index in [4.69, 9.17) is 6.42 Å². The van der Waals surface area contributed by atoms with Crippen molar-refractivity contribution in [3.63, 3.8) is 0 Å². The molecule has 0 spiro atoms. The number of allylic oxidation sites excluding steroid dienone is 4. The molecule has 0 heterocycles. The zero-order valence-corrected chi connectivity index (χ0v) is 11.7. The summed E-state index contributed by atoms with van der Waals surface area (Å²) in [6, 6.07) is 10.5. The maximum Gasteiger partial charge on any atom is 0.0529 e. The van der Waals surface area contributed by atoms with Gasteiger partial charge in [0.1, 0.15) is 0 Å². The third-order valence-corrected chi connectivity index (χ3v) is 3.89. The molecule has 0 nitrogen and oxygen atoms in total. The summed E-state index contributed by atoms with van der Waals surface area (Å²) in [6.07, 6.45) is 18.3. The lowest BCUT2D eigenvalue weighted by atomic mass is 9.76. The van der Waals surface area contributed by atoms with Crippen LogP contribution in [0, 0.1) is 17.8 Å². The smallest absolute Gasteiger partial charge is 0.0529 e. The number of unbranched alkanes of at least 4 members (excludes halogenated alkanes) is 2. The van der Waals surface area contributed by atoms with Crippen LogP contribution in [0.3, 0.4) is 0 Å². The Labute approximate surface area is 117 Å². The SMILES string of the molecule is C#CC1(CCCCC)C=CC(c2ccccc2)=CC1. The average molecular weight is 250 g/mol. The molecule has 1 unspecified atom stereocenters. The summed E-state index contributed by atoms with van der Waals surface area (Å²) in [5, 5.41) is 0. The molecule has 2 rings (SSSR count). The minimum Gasteiger partial charge on any atom is -0.119 e. The molecule has 0 aromatic heterocycles. The van der Waals surface area contributed by atoms with Crippen molar-refractivity contribution in [2.24, 2.45) is 5.41 Å². The first-order chi connectivity index (χ1) is 9.29. The topological polar surface area (TPSA) is 0 Å². The summed E-state index contributed by atoms with van der Waals surface area (Å²) < 4.78 is 0. The molecule has 1 aliphatic carbocycles. The van der Waals surface area contributed by atoms with E-state index >= 15 is 0 Å². The van der Waals surface area contributed by atoms with Crippen LogP contribution in [0.5, 0.6) is 0 Å². The number of benzene rings is 1. The molecule has 0 saturated heterocycles. The normalized spacial score (nSPS) is 21.8. The van der Waals surface area contributed by atoms with Crippen molar-refractivity contribution in [1.82, 2.24) is 0 Å². The van der Waals surface area contributed by atoms with Gasteiger partial charge < -0.3 is 0 Å². The Bertz CT molecular complexity index is 499. The molecular weight excluding hydrogens is 228 g/mol. The maximum atomic E-state index is 5.77. The van der Waals surface area contributed by atoms with Gasteiger partial charge >= 0.3 is 0 Å². The van der Waals surface area contributed by atoms with E-state index in [2.05, 4.69) is 55.3 Å². The standard InChI is InChI=1S/C19H22/c1-3-5-9-14-19(4-2)15-12-18(13-16-19)17-10-7-6-8-11-17/h2,6-8,10-13,15H,3,5,9,14,16H2,1H3. The molecule has 0 N–H and O–H groups in total. The highest BCUT2D eigenvalue weighted by Crippen LogP contribution is 2.36. The van der Waals surface area contributed by atoms with E-state index in [-0.39, 0.29) is 5.41 Å². The number of rotatable bonds is 5. The van der Waals surface area contributed by atoms with Gasteiger partial charge in [0, 0.05) is 0 Å². The molecule has 19 heavy (non-hydrogen) atoms. The summed E-state index contributed by atoms with van der Waals surface area (Å²) in [5.41, 5.74) is 2.52. The van der Waals surface area contributed by atoms with Crippen molar-refractivity contribution >= 4 is 5.57 Å². The van der Waals surface area contributed by atoms with Crippen LogP contribution in [0.1, 0.15) is 44.6 Å². The molecule has 0 radical (unpaired) electrons. The van der Waals surface area contributed by atoms with Gasteiger partial charge in [-0.15, -0.1) is 6.42 Å². The quantitative estimate of drug-likeness (QED) is 0.496. The van der Waals surface area contributed by atoms with E-state index in [1.54, 1.807) is 0 Å². The van der Waals surface area contributed by atoms with E-state index < -0.39 is 0 Å². The van der Waals surface area contributed by atoms with Gasteiger partial charge in [-0.2, -0.15) is 0 Å². The van der Waals surface area contributed by atoms with Gasteiger partial charge in [-0.3, -0.25) is 0 Å². The van der Waals surface area contributed by atoms with Crippen molar-refractivity contribution in [2.45, 2.75) is 39.0 Å². The molecular formula is C19H22. The van der Waals surface area contributed by atoms with Gasteiger partial charge in [-0.05, 0) is 24.0 Å². The van der Waals surface area contributed by atoms with Gasteiger partial charge in [0.15, 0.2) is 0 Å². The molecule has 98 valence electrons. The lowest BCUT2D eigenvalue weighted by Gasteiger charge is -2.27. The van der Waals surface area contributed by atoms with E-state index in [1.165, 1.54) is 30.4 Å². The third-order valence-electron chi connectivity index (χ3n) is 3.89. The predicted molar refractivity (Wildman–Crippen MR) is 83.6 cm³/mol. The van der Waals surface area contributed by atoms with Crippen molar-refractivity contribution in [3.8, 4) is 12.3 Å². The lowest BCUT2D eigenvalue weighted by Crippen LogP contribution is -2.16. The average Bonchev–Trinajstić information content (AvgIpc) is 2.49. The van der Waals surface area contributed by atoms with Gasteiger partial charge in [0.25, 0.3) is 0 Å². The maximum absolute atomic E-state index is 5.77. The fourth-order valence-corrected chi connectivity index (χ4v) is 2.58. The summed E-state index contributed by atoms with van der Waals surface area (Å²) in [5.74, 6) is 3.02. The van der Waals surface area contributed by atoms with Crippen LogP contribution in [0.2, 0.25) is 0 Å². The first-order valence-electron chi connectivity index (χ1n) is 7.22. The predicted octanol–water partition coefficient (Wildman–Crippen LogP) is 5.23. The number of hydrogen-bond donors (Lipinski definition) is 0. The van der Waals surface area contributed by atoms with Gasteiger partial charge in [-0.1, -0.05) is 80.7 Å². The largest absolute Gasteiger partial charge is 0.119 e. The molecule has 0 bridgehead atoms. The Morgan fingerprint density at radius 2 is 2.00 bits per heavy atom. The molecule has 1 aromatic carbocycles. The molecule has 1 aliphatic rings. The minimum absolute atomic E-state index is 0.0482. The molecule has 0 fully saturated rings. The van der Waals surface area contributed by atoms with Crippen LogP contribution < -0.4 is 0 Å². The summed E-state index contributed by atoms with van der Waals surface area (Å²) in [6.45, 7) is 2.23. The first kappa shape index (κ1) is 13.7. The lowest BCUT2D eigenvalue weighted by molar-refractivity contribution is 0.444.